The molecule has 0 aliphatic carbocycles. The molecule has 0 aromatic heterocycles. The number of hydrogen-bond donors (Lipinski definition) is 1. The molecular formula is C9H18N2O. The average Bonchev–Trinajstić information content (AvgIpc) is 2.17. The van der Waals surface area contributed by atoms with Crippen LogP contribution in [0.5, 0.6) is 0 Å². The van der Waals surface area contributed by atoms with E-state index in [1.54, 1.807) is 0 Å². The van der Waals surface area contributed by atoms with Crippen molar-refractivity contribution in [3.63, 3.8) is 0 Å². The highest BCUT2D eigenvalue weighted by Crippen LogP contribution is 2.21. The largest absolute Gasteiger partial charge is 0.374 e. The molecule has 0 saturated carbocycles. The minimum atomic E-state index is 0.291. The fourth-order valence-electron chi connectivity index (χ4n) is 2.19. The minimum absolute atomic E-state index is 0.291. The molecule has 0 aromatic carbocycles. The first-order valence-corrected chi connectivity index (χ1v) is 4.96. The lowest BCUT2D eigenvalue weighted by Crippen LogP contribution is -2.53. The van der Waals surface area contributed by atoms with E-state index in [9.17, 15) is 0 Å². The zero-order valence-corrected chi connectivity index (χ0v) is 7.54. The summed E-state index contributed by atoms with van der Waals surface area (Å²) in [5, 5.41) is 0. The molecule has 70 valence electrons. The number of rotatable bonds is 1. The third-order valence-corrected chi connectivity index (χ3v) is 2.97. The van der Waals surface area contributed by atoms with Crippen LogP contribution in [0.15, 0.2) is 0 Å². The summed E-state index contributed by atoms with van der Waals surface area (Å²) in [5.41, 5.74) is 5.57. The number of nitrogens with two attached hydrogens (primary N) is 1. The number of nitrogens with zero attached hydrogens (tertiary/aromatic N) is 1. The Morgan fingerprint density at radius 3 is 3.17 bits per heavy atom. The van der Waals surface area contributed by atoms with Crippen molar-refractivity contribution in [3.05, 3.63) is 0 Å². The van der Waals surface area contributed by atoms with Crippen LogP contribution in [-0.4, -0.2) is 43.3 Å². The topological polar surface area (TPSA) is 38.5 Å². The molecule has 0 radical (unpaired) electrons. The summed E-state index contributed by atoms with van der Waals surface area (Å²) in [6.45, 7) is 3.89. The van der Waals surface area contributed by atoms with Gasteiger partial charge < -0.3 is 10.5 Å². The van der Waals surface area contributed by atoms with Crippen molar-refractivity contribution in [1.29, 1.82) is 0 Å². The molecule has 0 amide bonds. The van der Waals surface area contributed by atoms with Crippen molar-refractivity contribution in [1.82, 2.24) is 4.90 Å². The van der Waals surface area contributed by atoms with Crippen molar-refractivity contribution in [2.75, 3.05) is 26.2 Å². The third-order valence-electron chi connectivity index (χ3n) is 2.97. The van der Waals surface area contributed by atoms with Crippen molar-refractivity contribution < 1.29 is 4.74 Å². The number of morpholine rings is 1. The van der Waals surface area contributed by atoms with Crippen LogP contribution in [0, 0.1) is 0 Å². The molecule has 0 unspecified atom stereocenters. The van der Waals surface area contributed by atoms with Gasteiger partial charge in [0.25, 0.3) is 0 Å². The Hall–Kier alpha value is -0.120. The van der Waals surface area contributed by atoms with Gasteiger partial charge in [-0.05, 0) is 19.4 Å². The first-order chi connectivity index (χ1) is 5.90. The third kappa shape index (κ3) is 1.63. The molecule has 3 heteroatoms. The van der Waals surface area contributed by atoms with E-state index in [0.717, 1.165) is 13.2 Å². The fourth-order valence-corrected chi connectivity index (χ4v) is 2.19. The molecule has 2 atom stereocenters. The van der Waals surface area contributed by atoms with Crippen molar-refractivity contribution in [3.8, 4) is 0 Å². The smallest absolute Gasteiger partial charge is 0.0824 e. The maximum absolute atomic E-state index is 5.63. The highest BCUT2D eigenvalue weighted by molar-refractivity contribution is 4.83. The van der Waals surface area contributed by atoms with Crippen LogP contribution in [0.25, 0.3) is 0 Å². The van der Waals surface area contributed by atoms with Crippen LogP contribution in [0.3, 0.4) is 0 Å². The van der Waals surface area contributed by atoms with Gasteiger partial charge in [0.1, 0.15) is 0 Å². The summed E-state index contributed by atoms with van der Waals surface area (Å²) in [5.74, 6) is 0. The molecule has 2 heterocycles. The summed E-state index contributed by atoms with van der Waals surface area (Å²) in [6.07, 6.45) is 4.34. The van der Waals surface area contributed by atoms with Crippen LogP contribution in [0.2, 0.25) is 0 Å². The zero-order valence-electron chi connectivity index (χ0n) is 7.54. The van der Waals surface area contributed by atoms with E-state index < -0.39 is 0 Å². The predicted molar refractivity (Wildman–Crippen MR) is 48.0 cm³/mol. The maximum atomic E-state index is 5.63. The summed E-state index contributed by atoms with van der Waals surface area (Å²) >= 11 is 0. The molecule has 0 aromatic rings. The molecule has 2 fully saturated rings. The van der Waals surface area contributed by atoms with Crippen molar-refractivity contribution >= 4 is 0 Å². The Labute approximate surface area is 73.9 Å². The number of ether oxygens (including phenoxy) is 1. The Morgan fingerprint density at radius 2 is 2.33 bits per heavy atom. The van der Waals surface area contributed by atoms with Gasteiger partial charge in [-0.1, -0.05) is 6.42 Å². The van der Waals surface area contributed by atoms with E-state index in [1.165, 1.54) is 25.8 Å². The number of piperidine rings is 1. The van der Waals surface area contributed by atoms with Gasteiger partial charge in [-0.2, -0.15) is 0 Å². The summed E-state index contributed by atoms with van der Waals surface area (Å²) in [6, 6.07) is 0.696. The van der Waals surface area contributed by atoms with Crippen LogP contribution in [0.4, 0.5) is 0 Å². The number of fused-ring (bicyclic) bond motifs is 1. The standard InChI is InChI=1S/C9H18N2O/c10-5-9-6-11-4-2-1-3-8(11)7-12-9/h8-9H,1-7,10H2/t8-,9-/m1/s1. The van der Waals surface area contributed by atoms with Gasteiger partial charge in [-0.15, -0.1) is 0 Å². The van der Waals surface area contributed by atoms with E-state index >= 15 is 0 Å². The van der Waals surface area contributed by atoms with Gasteiger partial charge >= 0.3 is 0 Å². The lowest BCUT2D eigenvalue weighted by Gasteiger charge is -2.42. The van der Waals surface area contributed by atoms with Gasteiger partial charge in [-0.3, -0.25) is 4.90 Å². The Kier molecular flexibility index (Phi) is 2.63. The predicted octanol–water partition coefficient (Wildman–Crippen LogP) is 0.198. The minimum Gasteiger partial charge on any atom is -0.374 e. The molecule has 2 saturated heterocycles. The second kappa shape index (κ2) is 3.73. The molecule has 2 rings (SSSR count). The van der Waals surface area contributed by atoms with E-state index in [1.807, 2.05) is 0 Å². The van der Waals surface area contributed by atoms with Crippen LogP contribution in [0.1, 0.15) is 19.3 Å². The van der Waals surface area contributed by atoms with Gasteiger partial charge in [0.05, 0.1) is 12.7 Å². The van der Waals surface area contributed by atoms with Gasteiger partial charge in [0.2, 0.25) is 0 Å². The first kappa shape index (κ1) is 8.48. The molecule has 12 heavy (non-hydrogen) atoms. The zero-order chi connectivity index (χ0) is 8.39. The highest BCUT2D eigenvalue weighted by atomic mass is 16.5. The molecule has 2 aliphatic heterocycles. The lowest BCUT2D eigenvalue weighted by molar-refractivity contribution is -0.0704. The highest BCUT2D eigenvalue weighted by Gasteiger charge is 2.29. The molecule has 0 spiro atoms. The monoisotopic (exact) mass is 170 g/mol. The summed E-state index contributed by atoms with van der Waals surface area (Å²) in [7, 11) is 0. The van der Waals surface area contributed by atoms with E-state index in [2.05, 4.69) is 4.90 Å². The van der Waals surface area contributed by atoms with E-state index in [-0.39, 0.29) is 0 Å². The van der Waals surface area contributed by atoms with Gasteiger partial charge in [0, 0.05) is 19.1 Å². The molecule has 2 N–H and O–H groups in total. The Bertz CT molecular complexity index is 151. The molecular weight excluding hydrogens is 152 g/mol. The Balaban J connectivity index is 1.90. The first-order valence-electron chi connectivity index (χ1n) is 4.96. The van der Waals surface area contributed by atoms with Crippen molar-refractivity contribution in [2.45, 2.75) is 31.4 Å². The number of hydrogen-bond acceptors (Lipinski definition) is 3. The van der Waals surface area contributed by atoms with E-state index in [0.29, 0.717) is 18.7 Å². The molecule has 3 nitrogen and oxygen atoms in total. The second-order valence-corrected chi connectivity index (χ2v) is 3.84. The summed E-state index contributed by atoms with van der Waals surface area (Å²) < 4.78 is 5.63. The quantitative estimate of drug-likeness (QED) is 0.611. The van der Waals surface area contributed by atoms with Crippen LogP contribution in [-0.2, 0) is 4.74 Å². The second-order valence-electron chi connectivity index (χ2n) is 3.84. The lowest BCUT2D eigenvalue weighted by atomic mass is 10.0. The maximum Gasteiger partial charge on any atom is 0.0824 e. The SMILES string of the molecule is NC[C@@H]1CN2CCCC[C@@H]2CO1. The molecule has 0 bridgehead atoms. The normalized spacial score (nSPS) is 37.8. The van der Waals surface area contributed by atoms with Gasteiger partial charge in [-0.25, -0.2) is 0 Å². The fraction of sp³-hybridized carbons (Fsp3) is 1.00. The summed E-state index contributed by atoms with van der Waals surface area (Å²) in [4.78, 5) is 2.55. The van der Waals surface area contributed by atoms with Gasteiger partial charge in [0.15, 0.2) is 0 Å². The Morgan fingerprint density at radius 1 is 1.42 bits per heavy atom. The van der Waals surface area contributed by atoms with Crippen molar-refractivity contribution in [2.24, 2.45) is 5.73 Å². The van der Waals surface area contributed by atoms with Crippen LogP contribution >= 0.6 is 0 Å². The van der Waals surface area contributed by atoms with Crippen LogP contribution < -0.4 is 5.73 Å². The average molecular weight is 170 g/mol. The molecule has 2 aliphatic rings. The van der Waals surface area contributed by atoms with E-state index in [4.69, 9.17) is 10.5 Å².